The lowest BCUT2D eigenvalue weighted by Gasteiger charge is -2.32. The first-order valence-electron chi connectivity index (χ1n) is 11.6. The third kappa shape index (κ3) is 5.17. The third-order valence-corrected chi connectivity index (χ3v) is 6.85. The molecule has 0 spiro atoms. The van der Waals surface area contributed by atoms with Gasteiger partial charge in [0, 0.05) is 46.8 Å². The van der Waals surface area contributed by atoms with E-state index in [1.165, 1.54) is 16.5 Å². The number of likely N-dealkylation sites (tertiary alicyclic amines) is 1. The van der Waals surface area contributed by atoms with Gasteiger partial charge in [0.25, 0.3) is 0 Å². The molecule has 0 saturated carbocycles. The number of piperidine rings is 1. The van der Waals surface area contributed by atoms with Gasteiger partial charge in [0.2, 0.25) is 5.91 Å². The number of benzene rings is 2. The van der Waals surface area contributed by atoms with E-state index in [0.29, 0.717) is 12.5 Å². The Morgan fingerprint density at radius 3 is 2.69 bits per heavy atom. The van der Waals surface area contributed by atoms with Crippen LogP contribution in [0, 0.1) is 5.92 Å². The summed E-state index contributed by atoms with van der Waals surface area (Å²) in [5, 5.41) is 5.07. The largest absolute Gasteiger partial charge is 0.361 e. The molecule has 4 N–H and O–H groups in total. The summed E-state index contributed by atoms with van der Waals surface area (Å²) in [5.41, 5.74) is 11.7. The molecule has 32 heavy (non-hydrogen) atoms. The molecule has 0 aliphatic carbocycles. The van der Waals surface area contributed by atoms with Gasteiger partial charge in [0.05, 0.1) is 0 Å². The normalized spacial score (nSPS) is 15.5. The number of H-pyrrole nitrogens is 1. The first-order chi connectivity index (χ1) is 15.4. The van der Waals surface area contributed by atoms with Crippen LogP contribution in [-0.4, -0.2) is 35.4 Å². The number of hydrogen-bond donors (Lipinski definition) is 3. The number of nitrogens with zero attached hydrogens (tertiary/aromatic N) is 1. The highest BCUT2D eigenvalue weighted by Crippen LogP contribution is 2.34. The lowest BCUT2D eigenvalue weighted by atomic mass is 9.89. The number of carbonyl (C=O) groups excluding carboxylic acids is 1. The van der Waals surface area contributed by atoms with E-state index in [2.05, 4.69) is 33.5 Å². The number of amides is 1. The summed E-state index contributed by atoms with van der Waals surface area (Å²) >= 11 is 6.13. The molecule has 5 nitrogen and oxygen atoms in total. The first-order valence-corrected chi connectivity index (χ1v) is 11.9. The van der Waals surface area contributed by atoms with Crippen LogP contribution in [0.2, 0.25) is 5.02 Å². The molecule has 6 heteroatoms. The van der Waals surface area contributed by atoms with E-state index in [9.17, 15) is 4.79 Å². The minimum atomic E-state index is -0.0388. The summed E-state index contributed by atoms with van der Waals surface area (Å²) in [6, 6.07) is 12.2. The molecule has 0 radical (unpaired) electrons. The number of fused-ring (bicyclic) bond motifs is 1. The van der Waals surface area contributed by atoms with Crippen LogP contribution in [0.3, 0.4) is 0 Å². The molecule has 2 heterocycles. The van der Waals surface area contributed by atoms with Crippen molar-refractivity contribution in [3.63, 3.8) is 0 Å². The zero-order valence-corrected chi connectivity index (χ0v) is 19.7. The van der Waals surface area contributed by atoms with Crippen molar-refractivity contribution in [2.45, 2.75) is 45.6 Å². The molecule has 1 saturated heterocycles. The molecule has 0 atom stereocenters. The molecule has 1 amide bonds. The van der Waals surface area contributed by atoms with Crippen molar-refractivity contribution in [2.75, 3.05) is 25.0 Å². The molecule has 0 bridgehead atoms. The Bertz CT molecular complexity index is 1080. The number of nitrogens with one attached hydrogen (secondary N) is 2. The highest BCUT2D eigenvalue weighted by molar-refractivity contribution is 6.31. The van der Waals surface area contributed by atoms with Gasteiger partial charge in [-0.05, 0) is 79.2 Å². The molecule has 1 aromatic heterocycles. The van der Waals surface area contributed by atoms with Crippen LogP contribution in [0.5, 0.6) is 0 Å². The Labute approximate surface area is 195 Å². The van der Waals surface area contributed by atoms with Gasteiger partial charge in [-0.3, -0.25) is 4.79 Å². The molecule has 170 valence electrons. The highest BCUT2D eigenvalue weighted by atomic mass is 35.5. The summed E-state index contributed by atoms with van der Waals surface area (Å²) in [4.78, 5) is 18.0. The summed E-state index contributed by atoms with van der Waals surface area (Å²) < 4.78 is 0. The molecule has 4 rings (SSSR count). The van der Waals surface area contributed by atoms with Crippen molar-refractivity contribution >= 4 is 34.1 Å². The van der Waals surface area contributed by atoms with E-state index in [-0.39, 0.29) is 11.8 Å². The maximum Gasteiger partial charge on any atom is 0.226 e. The molecular weight excluding hydrogens is 420 g/mol. The minimum absolute atomic E-state index is 0.0388. The monoisotopic (exact) mass is 452 g/mol. The third-order valence-electron chi connectivity index (χ3n) is 6.62. The van der Waals surface area contributed by atoms with Crippen molar-refractivity contribution in [1.82, 2.24) is 9.88 Å². The van der Waals surface area contributed by atoms with Gasteiger partial charge in [-0.25, -0.2) is 0 Å². The predicted octanol–water partition coefficient (Wildman–Crippen LogP) is 5.30. The van der Waals surface area contributed by atoms with E-state index in [0.717, 1.165) is 60.7 Å². The Morgan fingerprint density at radius 1 is 1.19 bits per heavy atom. The van der Waals surface area contributed by atoms with Gasteiger partial charge in [0.15, 0.2) is 0 Å². The molecule has 1 aliphatic rings. The second kappa shape index (κ2) is 10.1. The summed E-state index contributed by atoms with van der Waals surface area (Å²) in [6.07, 6.45) is 5.41. The molecule has 0 unspecified atom stereocenters. The van der Waals surface area contributed by atoms with Crippen LogP contribution in [0.25, 0.3) is 10.9 Å². The second-order valence-electron chi connectivity index (χ2n) is 9.13. The summed E-state index contributed by atoms with van der Waals surface area (Å²) in [5.74, 6) is 0.580. The van der Waals surface area contributed by atoms with Crippen molar-refractivity contribution in [2.24, 2.45) is 11.7 Å². The van der Waals surface area contributed by atoms with Gasteiger partial charge >= 0.3 is 0 Å². The molecular formula is C26H33ClN4O. The molecule has 2 aromatic carbocycles. The van der Waals surface area contributed by atoms with Crippen molar-refractivity contribution in [3.8, 4) is 0 Å². The quantitative estimate of drug-likeness (QED) is 0.455. The van der Waals surface area contributed by atoms with Gasteiger partial charge in [-0.2, -0.15) is 0 Å². The van der Waals surface area contributed by atoms with E-state index in [4.69, 9.17) is 17.3 Å². The lowest BCUT2D eigenvalue weighted by molar-refractivity contribution is -0.118. The highest BCUT2D eigenvalue weighted by Gasteiger charge is 2.23. The van der Waals surface area contributed by atoms with Crippen LogP contribution >= 0.6 is 11.6 Å². The van der Waals surface area contributed by atoms with Gasteiger partial charge in [-0.15, -0.1) is 0 Å². The number of aromatic nitrogens is 1. The Balaban J connectivity index is 1.36. The average molecular weight is 453 g/mol. The smallest absolute Gasteiger partial charge is 0.226 e. The Hall–Kier alpha value is -2.34. The number of nitrogens with two attached hydrogens (primary N) is 1. The van der Waals surface area contributed by atoms with Crippen LogP contribution in [0.15, 0.2) is 42.6 Å². The number of carbonyl (C=O) groups is 1. The van der Waals surface area contributed by atoms with E-state index >= 15 is 0 Å². The lowest BCUT2D eigenvalue weighted by Crippen LogP contribution is -2.34. The zero-order chi connectivity index (χ0) is 22.7. The number of hydrogen-bond acceptors (Lipinski definition) is 3. The van der Waals surface area contributed by atoms with E-state index in [1.54, 1.807) is 0 Å². The fourth-order valence-electron chi connectivity index (χ4n) is 4.63. The van der Waals surface area contributed by atoms with Gasteiger partial charge in [-0.1, -0.05) is 37.6 Å². The topological polar surface area (TPSA) is 74.2 Å². The summed E-state index contributed by atoms with van der Waals surface area (Å²) in [6.45, 7) is 7.50. The fraction of sp³-hybridized carbons (Fsp3) is 0.423. The fourth-order valence-corrected chi connectivity index (χ4v) is 4.80. The van der Waals surface area contributed by atoms with Crippen LogP contribution in [0.4, 0.5) is 5.69 Å². The number of aromatic amines is 1. The molecule has 1 aliphatic heterocycles. The number of halogens is 1. The van der Waals surface area contributed by atoms with Crippen LogP contribution in [-0.2, 0) is 17.8 Å². The zero-order valence-electron chi connectivity index (χ0n) is 19.0. The van der Waals surface area contributed by atoms with E-state index < -0.39 is 0 Å². The van der Waals surface area contributed by atoms with E-state index in [1.807, 2.05) is 38.1 Å². The van der Waals surface area contributed by atoms with Crippen molar-refractivity contribution in [1.29, 1.82) is 0 Å². The van der Waals surface area contributed by atoms with Crippen molar-refractivity contribution in [3.05, 3.63) is 64.3 Å². The molecule has 3 aromatic rings. The van der Waals surface area contributed by atoms with Gasteiger partial charge in [0.1, 0.15) is 0 Å². The Kier molecular flexibility index (Phi) is 7.19. The standard InChI is InChI=1S/C26H33ClN4O/c1-17(2)26(32)30-22-5-3-20(15-28)19(13-22)9-12-31-10-7-18(8-11-31)24-16-29-25-14-21(27)4-6-23(24)25/h3-6,13-14,16-18,29H,7-12,15,28H2,1-2H3,(H,30,32). The van der Waals surface area contributed by atoms with Crippen LogP contribution < -0.4 is 11.1 Å². The molecule has 1 fully saturated rings. The SMILES string of the molecule is CC(C)C(=O)Nc1ccc(CN)c(CCN2CCC(c3c[nH]c4cc(Cl)ccc34)CC2)c1. The number of anilines is 1. The van der Waals surface area contributed by atoms with Crippen molar-refractivity contribution < 1.29 is 4.79 Å². The summed E-state index contributed by atoms with van der Waals surface area (Å²) in [7, 11) is 0. The minimum Gasteiger partial charge on any atom is -0.361 e. The Morgan fingerprint density at radius 2 is 1.97 bits per heavy atom. The average Bonchev–Trinajstić information content (AvgIpc) is 3.21. The second-order valence-corrected chi connectivity index (χ2v) is 9.57. The maximum atomic E-state index is 12.1. The van der Waals surface area contributed by atoms with Gasteiger partial charge < -0.3 is 20.9 Å². The first kappa shape index (κ1) is 22.8. The van der Waals surface area contributed by atoms with Crippen LogP contribution in [0.1, 0.15) is 49.3 Å². The predicted molar refractivity (Wildman–Crippen MR) is 133 cm³/mol. The number of rotatable bonds is 7. The maximum absolute atomic E-state index is 12.1.